The fourth-order valence-corrected chi connectivity index (χ4v) is 1.94. The van der Waals surface area contributed by atoms with Crippen LogP contribution in [0.4, 0.5) is 0 Å². The predicted octanol–water partition coefficient (Wildman–Crippen LogP) is 2.58. The van der Waals surface area contributed by atoms with Gasteiger partial charge in [-0.25, -0.2) is 4.79 Å². The lowest BCUT2D eigenvalue weighted by Crippen LogP contribution is -2.20. The Hall–Kier alpha value is -0.870. The van der Waals surface area contributed by atoms with E-state index in [-0.39, 0.29) is 6.61 Å². The monoisotopic (exact) mass is 272 g/mol. The number of esters is 1. The van der Waals surface area contributed by atoms with Gasteiger partial charge in [0.05, 0.1) is 6.61 Å². The van der Waals surface area contributed by atoms with Gasteiger partial charge in [0.25, 0.3) is 0 Å². The predicted molar refractivity (Wildman–Crippen MR) is 75.8 cm³/mol. The normalized spacial score (nSPS) is 12.1. The number of unbranched alkanes of at least 4 members (excludes halogenated alkanes) is 7. The molecule has 1 unspecified atom stereocenters. The topological polar surface area (TPSA) is 66.8 Å². The average molecular weight is 272 g/mol. The Morgan fingerprint density at radius 3 is 2.00 bits per heavy atom. The molecule has 0 saturated heterocycles. The number of hydrogen-bond donors (Lipinski definition) is 2. The number of aliphatic hydroxyl groups excluding tert-OH is 2. The van der Waals surface area contributed by atoms with E-state index in [1.165, 1.54) is 25.7 Å². The summed E-state index contributed by atoms with van der Waals surface area (Å²) in [5, 5.41) is 17.7. The number of aliphatic hydroxyl groups is 2. The van der Waals surface area contributed by atoms with Crippen LogP contribution in [0.3, 0.4) is 0 Å². The van der Waals surface area contributed by atoms with Crippen molar-refractivity contribution in [2.75, 3.05) is 13.2 Å². The molecule has 1 atom stereocenters. The molecule has 0 saturated carbocycles. The highest BCUT2D eigenvalue weighted by molar-refractivity contribution is 5.81. The van der Waals surface area contributed by atoms with Crippen LogP contribution in [0.15, 0.2) is 12.7 Å². The third-order valence-corrected chi connectivity index (χ3v) is 3.09. The molecule has 0 heterocycles. The molecule has 0 spiro atoms. The molecule has 0 amide bonds. The first kappa shape index (κ1) is 18.1. The molecule has 0 aliphatic rings. The van der Waals surface area contributed by atoms with Gasteiger partial charge in [0.1, 0.15) is 6.10 Å². The molecule has 0 aromatic rings. The number of rotatable bonds is 13. The van der Waals surface area contributed by atoms with Crippen molar-refractivity contribution in [3.05, 3.63) is 12.7 Å². The van der Waals surface area contributed by atoms with Crippen molar-refractivity contribution in [2.24, 2.45) is 0 Å². The van der Waals surface area contributed by atoms with Gasteiger partial charge in [-0.05, 0) is 19.3 Å². The maximum absolute atomic E-state index is 11.0. The SMILES string of the molecule is C=CC(=O)OC(CO)CCCCCCCCCCO. The Bertz CT molecular complexity index is 228. The standard InChI is InChI=1S/C15H28O4/c1-2-15(18)19-14(13-17)11-9-7-5-3-4-6-8-10-12-16/h2,14,16-17H,1,3-13H2. The van der Waals surface area contributed by atoms with E-state index in [0.29, 0.717) is 13.0 Å². The van der Waals surface area contributed by atoms with Crippen LogP contribution in [-0.4, -0.2) is 35.5 Å². The molecule has 2 N–H and O–H groups in total. The molecule has 0 aliphatic heterocycles. The Balaban J connectivity index is 3.36. The van der Waals surface area contributed by atoms with Crippen LogP contribution in [0.25, 0.3) is 0 Å². The fraction of sp³-hybridized carbons (Fsp3) is 0.800. The Labute approximate surface area is 116 Å². The van der Waals surface area contributed by atoms with Gasteiger partial charge < -0.3 is 14.9 Å². The second-order valence-corrected chi connectivity index (χ2v) is 4.79. The van der Waals surface area contributed by atoms with Gasteiger partial charge in [-0.15, -0.1) is 0 Å². The molecule has 0 rings (SSSR count). The summed E-state index contributed by atoms with van der Waals surface area (Å²) < 4.78 is 4.99. The second-order valence-electron chi connectivity index (χ2n) is 4.79. The van der Waals surface area contributed by atoms with Gasteiger partial charge in [0.15, 0.2) is 0 Å². The first-order chi connectivity index (χ1) is 9.24. The molecule has 19 heavy (non-hydrogen) atoms. The lowest BCUT2D eigenvalue weighted by molar-refractivity contribution is -0.145. The van der Waals surface area contributed by atoms with Crippen LogP contribution < -0.4 is 0 Å². The van der Waals surface area contributed by atoms with E-state index >= 15 is 0 Å². The molecular weight excluding hydrogens is 244 g/mol. The first-order valence-corrected chi connectivity index (χ1v) is 7.29. The second kappa shape index (κ2) is 13.6. The summed E-state index contributed by atoms with van der Waals surface area (Å²) in [5.41, 5.74) is 0. The van der Waals surface area contributed by atoms with Gasteiger partial charge in [-0.3, -0.25) is 0 Å². The number of carbonyl (C=O) groups is 1. The summed E-state index contributed by atoms with van der Waals surface area (Å²) in [6.07, 6.45) is 10.3. The van der Waals surface area contributed by atoms with Crippen LogP contribution in [0.2, 0.25) is 0 Å². The lowest BCUT2D eigenvalue weighted by atomic mass is 10.1. The van der Waals surface area contributed by atoms with Crippen molar-refractivity contribution in [3.8, 4) is 0 Å². The Morgan fingerprint density at radius 2 is 1.53 bits per heavy atom. The fourth-order valence-electron chi connectivity index (χ4n) is 1.94. The Morgan fingerprint density at radius 1 is 1.00 bits per heavy atom. The van der Waals surface area contributed by atoms with Gasteiger partial charge in [-0.2, -0.15) is 0 Å². The van der Waals surface area contributed by atoms with E-state index in [1.54, 1.807) is 0 Å². The summed E-state index contributed by atoms with van der Waals surface area (Å²) >= 11 is 0. The van der Waals surface area contributed by atoms with E-state index in [4.69, 9.17) is 14.9 Å². The van der Waals surface area contributed by atoms with Crippen LogP contribution in [0, 0.1) is 0 Å². The largest absolute Gasteiger partial charge is 0.457 e. The van der Waals surface area contributed by atoms with E-state index in [0.717, 1.165) is 31.8 Å². The minimum absolute atomic E-state index is 0.124. The van der Waals surface area contributed by atoms with E-state index in [9.17, 15) is 4.79 Å². The number of carbonyl (C=O) groups excluding carboxylic acids is 1. The molecule has 0 aromatic heterocycles. The van der Waals surface area contributed by atoms with Crippen molar-refractivity contribution in [2.45, 2.75) is 63.9 Å². The number of hydrogen-bond acceptors (Lipinski definition) is 4. The van der Waals surface area contributed by atoms with Crippen LogP contribution in [-0.2, 0) is 9.53 Å². The van der Waals surface area contributed by atoms with E-state index in [1.807, 2.05) is 0 Å². The van der Waals surface area contributed by atoms with Crippen molar-refractivity contribution in [3.63, 3.8) is 0 Å². The van der Waals surface area contributed by atoms with Crippen molar-refractivity contribution < 1.29 is 19.7 Å². The van der Waals surface area contributed by atoms with Crippen molar-refractivity contribution in [1.82, 2.24) is 0 Å². The third-order valence-electron chi connectivity index (χ3n) is 3.09. The quantitative estimate of drug-likeness (QED) is 0.307. The first-order valence-electron chi connectivity index (χ1n) is 7.29. The van der Waals surface area contributed by atoms with Crippen LogP contribution in [0.1, 0.15) is 57.8 Å². The molecule has 0 bridgehead atoms. The van der Waals surface area contributed by atoms with Gasteiger partial charge >= 0.3 is 5.97 Å². The van der Waals surface area contributed by atoms with Crippen LogP contribution >= 0.6 is 0 Å². The summed E-state index contributed by atoms with van der Waals surface area (Å²) in [4.78, 5) is 11.0. The van der Waals surface area contributed by atoms with Gasteiger partial charge in [-0.1, -0.05) is 45.1 Å². The molecule has 0 fully saturated rings. The van der Waals surface area contributed by atoms with Gasteiger partial charge in [0, 0.05) is 12.7 Å². The van der Waals surface area contributed by atoms with Crippen LogP contribution in [0.5, 0.6) is 0 Å². The molecule has 0 aliphatic carbocycles. The Kier molecular flexibility index (Phi) is 12.9. The molecular formula is C15H28O4. The molecule has 112 valence electrons. The minimum Gasteiger partial charge on any atom is -0.457 e. The summed E-state index contributed by atoms with van der Waals surface area (Å²) in [6.45, 7) is 3.50. The molecule has 0 aromatic carbocycles. The summed E-state index contributed by atoms with van der Waals surface area (Å²) in [6, 6.07) is 0. The van der Waals surface area contributed by atoms with Crippen molar-refractivity contribution >= 4 is 5.97 Å². The van der Waals surface area contributed by atoms with Gasteiger partial charge in [0.2, 0.25) is 0 Å². The molecule has 4 nitrogen and oxygen atoms in total. The maximum Gasteiger partial charge on any atom is 0.330 e. The summed E-state index contributed by atoms with van der Waals surface area (Å²) in [5.74, 6) is -0.470. The van der Waals surface area contributed by atoms with E-state index < -0.39 is 12.1 Å². The highest BCUT2D eigenvalue weighted by atomic mass is 16.5. The third kappa shape index (κ3) is 11.9. The zero-order valence-electron chi connectivity index (χ0n) is 11.9. The molecule has 4 heteroatoms. The summed E-state index contributed by atoms with van der Waals surface area (Å²) in [7, 11) is 0. The highest BCUT2D eigenvalue weighted by Crippen LogP contribution is 2.12. The van der Waals surface area contributed by atoms with E-state index in [2.05, 4.69) is 6.58 Å². The zero-order chi connectivity index (χ0) is 14.3. The highest BCUT2D eigenvalue weighted by Gasteiger charge is 2.10. The van der Waals surface area contributed by atoms with Crippen molar-refractivity contribution in [1.29, 1.82) is 0 Å². The minimum atomic E-state index is -0.470. The average Bonchev–Trinajstić information content (AvgIpc) is 2.43. The number of ether oxygens (including phenoxy) is 1. The smallest absolute Gasteiger partial charge is 0.330 e. The zero-order valence-corrected chi connectivity index (χ0v) is 11.9. The maximum atomic E-state index is 11.0. The molecule has 0 radical (unpaired) electrons. The lowest BCUT2D eigenvalue weighted by Gasteiger charge is -2.13.